The van der Waals surface area contributed by atoms with Crippen LogP contribution >= 0.6 is 0 Å². The molecule has 3 rings (SSSR count). The summed E-state index contributed by atoms with van der Waals surface area (Å²) in [5, 5.41) is 7.85. The molecule has 1 N–H and O–H groups in total. The predicted octanol–water partition coefficient (Wildman–Crippen LogP) is 2.61. The van der Waals surface area contributed by atoms with Crippen LogP contribution in [-0.4, -0.2) is 27.2 Å². The van der Waals surface area contributed by atoms with Crippen LogP contribution in [0.5, 0.6) is 0 Å². The Morgan fingerprint density at radius 1 is 1.20 bits per heavy atom. The van der Waals surface area contributed by atoms with Crippen molar-refractivity contribution < 1.29 is 0 Å². The monoisotopic (exact) mass is 267 g/mol. The summed E-state index contributed by atoms with van der Waals surface area (Å²) in [6.07, 6.45) is 3.33. The number of hydrogen-bond donors (Lipinski definition) is 1. The van der Waals surface area contributed by atoms with Crippen molar-refractivity contribution in [2.24, 2.45) is 0 Å². The number of hydrogen-bond acceptors (Lipinski definition) is 4. The lowest BCUT2D eigenvalue weighted by Gasteiger charge is -2.20. The molecule has 0 unspecified atom stereocenters. The van der Waals surface area contributed by atoms with Crippen LogP contribution in [0.15, 0.2) is 30.7 Å². The number of rotatable bonds is 3. The van der Waals surface area contributed by atoms with Gasteiger partial charge in [-0.2, -0.15) is 5.10 Å². The number of fused-ring (bicyclic) bond motifs is 1. The molecule has 102 valence electrons. The second-order valence-corrected chi connectivity index (χ2v) is 5.12. The van der Waals surface area contributed by atoms with Gasteiger partial charge in [-0.25, -0.2) is 9.97 Å². The van der Waals surface area contributed by atoms with Crippen molar-refractivity contribution in [1.29, 1.82) is 0 Å². The number of nitrogens with zero attached hydrogens (tertiary/aromatic N) is 4. The molecule has 20 heavy (non-hydrogen) atoms. The van der Waals surface area contributed by atoms with Gasteiger partial charge in [-0.05, 0) is 25.0 Å². The SMILES string of the molecule is Cc1ccc(C)c(CN(C)c2ncnc3[nH]ncc23)c1. The van der Waals surface area contributed by atoms with Crippen LogP contribution in [0, 0.1) is 13.8 Å². The summed E-state index contributed by atoms with van der Waals surface area (Å²) in [6, 6.07) is 6.52. The van der Waals surface area contributed by atoms with Crippen LogP contribution in [0.4, 0.5) is 5.82 Å². The van der Waals surface area contributed by atoms with Gasteiger partial charge in [-0.3, -0.25) is 5.10 Å². The van der Waals surface area contributed by atoms with E-state index in [-0.39, 0.29) is 0 Å². The van der Waals surface area contributed by atoms with Crippen molar-refractivity contribution in [3.05, 3.63) is 47.4 Å². The Bertz CT molecular complexity index is 747. The summed E-state index contributed by atoms with van der Waals surface area (Å²) in [6.45, 7) is 5.06. The van der Waals surface area contributed by atoms with E-state index in [9.17, 15) is 0 Å². The zero-order valence-corrected chi connectivity index (χ0v) is 11.9. The summed E-state index contributed by atoms with van der Waals surface area (Å²) in [4.78, 5) is 10.7. The lowest BCUT2D eigenvalue weighted by atomic mass is 10.1. The summed E-state index contributed by atoms with van der Waals surface area (Å²) < 4.78 is 0. The van der Waals surface area contributed by atoms with Gasteiger partial charge in [-0.15, -0.1) is 0 Å². The third kappa shape index (κ3) is 2.22. The van der Waals surface area contributed by atoms with E-state index in [1.807, 2.05) is 7.05 Å². The molecule has 0 saturated carbocycles. The average Bonchev–Trinajstić information content (AvgIpc) is 2.91. The van der Waals surface area contributed by atoms with Crippen LogP contribution in [0.25, 0.3) is 11.0 Å². The van der Waals surface area contributed by atoms with Crippen molar-refractivity contribution >= 4 is 16.9 Å². The fourth-order valence-electron chi connectivity index (χ4n) is 2.36. The van der Waals surface area contributed by atoms with Gasteiger partial charge < -0.3 is 4.90 Å². The fourth-order valence-corrected chi connectivity index (χ4v) is 2.36. The molecule has 0 radical (unpaired) electrons. The molecule has 0 fully saturated rings. The largest absolute Gasteiger partial charge is 0.355 e. The summed E-state index contributed by atoms with van der Waals surface area (Å²) in [5.41, 5.74) is 4.64. The van der Waals surface area contributed by atoms with E-state index in [4.69, 9.17) is 0 Å². The van der Waals surface area contributed by atoms with Gasteiger partial charge >= 0.3 is 0 Å². The molecule has 5 nitrogen and oxygen atoms in total. The lowest BCUT2D eigenvalue weighted by molar-refractivity contribution is 0.891. The van der Waals surface area contributed by atoms with Crippen LogP contribution in [0.1, 0.15) is 16.7 Å². The minimum absolute atomic E-state index is 0.766. The minimum Gasteiger partial charge on any atom is -0.355 e. The van der Waals surface area contributed by atoms with Gasteiger partial charge in [0.05, 0.1) is 11.6 Å². The average molecular weight is 267 g/mol. The third-order valence-electron chi connectivity index (χ3n) is 3.50. The highest BCUT2D eigenvalue weighted by molar-refractivity contribution is 5.85. The first-order valence-electron chi connectivity index (χ1n) is 6.56. The first-order valence-corrected chi connectivity index (χ1v) is 6.56. The van der Waals surface area contributed by atoms with E-state index in [2.05, 4.69) is 57.1 Å². The van der Waals surface area contributed by atoms with Crippen LogP contribution in [0.3, 0.4) is 0 Å². The fraction of sp³-hybridized carbons (Fsp3) is 0.267. The molecule has 2 heterocycles. The summed E-state index contributed by atoms with van der Waals surface area (Å²) in [7, 11) is 2.04. The van der Waals surface area contributed by atoms with Crippen LogP contribution in [-0.2, 0) is 6.54 Å². The number of aryl methyl sites for hydroxylation is 2. The van der Waals surface area contributed by atoms with E-state index in [1.54, 1.807) is 12.5 Å². The summed E-state index contributed by atoms with van der Waals surface area (Å²) in [5.74, 6) is 0.893. The molecule has 0 spiro atoms. The molecule has 0 saturated heterocycles. The number of aromatic nitrogens is 4. The molecule has 0 aliphatic rings. The molecule has 5 heteroatoms. The molecule has 0 bridgehead atoms. The van der Waals surface area contributed by atoms with Crippen molar-refractivity contribution in [1.82, 2.24) is 20.2 Å². The Kier molecular flexibility index (Phi) is 3.10. The first kappa shape index (κ1) is 12.6. The van der Waals surface area contributed by atoms with Gasteiger partial charge in [-0.1, -0.05) is 23.8 Å². The summed E-state index contributed by atoms with van der Waals surface area (Å²) >= 11 is 0. The Balaban J connectivity index is 1.95. The zero-order chi connectivity index (χ0) is 14.1. The minimum atomic E-state index is 0.766. The molecule has 0 amide bonds. The quantitative estimate of drug-likeness (QED) is 0.792. The highest BCUT2D eigenvalue weighted by atomic mass is 15.2. The topological polar surface area (TPSA) is 57.7 Å². The van der Waals surface area contributed by atoms with E-state index in [0.29, 0.717) is 0 Å². The molecule has 0 atom stereocenters. The number of benzene rings is 1. The highest BCUT2D eigenvalue weighted by Gasteiger charge is 2.11. The number of H-pyrrole nitrogens is 1. The predicted molar refractivity (Wildman–Crippen MR) is 79.7 cm³/mol. The second-order valence-electron chi connectivity index (χ2n) is 5.12. The van der Waals surface area contributed by atoms with Crippen molar-refractivity contribution in [3.63, 3.8) is 0 Å². The first-order chi connectivity index (χ1) is 9.65. The van der Waals surface area contributed by atoms with Gasteiger partial charge in [0.25, 0.3) is 0 Å². The van der Waals surface area contributed by atoms with E-state index >= 15 is 0 Å². The smallest absolute Gasteiger partial charge is 0.160 e. The van der Waals surface area contributed by atoms with E-state index in [1.165, 1.54) is 16.7 Å². The normalized spacial score (nSPS) is 10.9. The molecule has 3 aromatic rings. The van der Waals surface area contributed by atoms with E-state index < -0.39 is 0 Å². The van der Waals surface area contributed by atoms with Crippen LogP contribution < -0.4 is 4.90 Å². The number of nitrogens with one attached hydrogen (secondary N) is 1. The van der Waals surface area contributed by atoms with Crippen molar-refractivity contribution in [2.75, 3.05) is 11.9 Å². The maximum absolute atomic E-state index is 4.38. The third-order valence-corrected chi connectivity index (χ3v) is 3.50. The maximum atomic E-state index is 4.38. The maximum Gasteiger partial charge on any atom is 0.160 e. The molecule has 0 aliphatic carbocycles. The Morgan fingerprint density at radius 3 is 2.90 bits per heavy atom. The van der Waals surface area contributed by atoms with Gasteiger partial charge in [0.15, 0.2) is 5.65 Å². The van der Waals surface area contributed by atoms with Crippen LogP contribution in [0.2, 0.25) is 0 Å². The molecule has 2 aromatic heterocycles. The molecule has 1 aromatic carbocycles. The van der Waals surface area contributed by atoms with Gasteiger partial charge in [0.2, 0.25) is 0 Å². The Hall–Kier alpha value is -2.43. The molecular weight excluding hydrogens is 250 g/mol. The van der Waals surface area contributed by atoms with Crippen molar-refractivity contribution in [3.8, 4) is 0 Å². The molecule has 0 aliphatic heterocycles. The van der Waals surface area contributed by atoms with E-state index in [0.717, 1.165) is 23.4 Å². The standard InChI is InChI=1S/C15H17N5/c1-10-4-5-11(2)12(6-10)8-20(3)15-13-7-18-19-14(13)16-9-17-15/h4-7,9H,8H2,1-3H3,(H,16,17,18,19). The lowest BCUT2D eigenvalue weighted by Crippen LogP contribution is -2.18. The Morgan fingerprint density at radius 2 is 2.05 bits per heavy atom. The Labute approximate surface area is 117 Å². The number of aromatic amines is 1. The van der Waals surface area contributed by atoms with Gasteiger partial charge in [0.1, 0.15) is 12.1 Å². The molecular formula is C15H17N5. The van der Waals surface area contributed by atoms with Crippen molar-refractivity contribution in [2.45, 2.75) is 20.4 Å². The number of anilines is 1. The second kappa shape index (κ2) is 4.92. The zero-order valence-electron chi connectivity index (χ0n) is 11.9. The highest BCUT2D eigenvalue weighted by Crippen LogP contribution is 2.22. The van der Waals surface area contributed by atoms with Gasteiger partial charge in [0, 0.05) is 13.6 Å².